The van der Waals surface area contributed by atoms with Crippen molar-refractivity contribution in [1.29, 1.82) is 0 Å². The monoisotopic (exact) mass is 290 g/mol. The van der Waals surface area contributed by atoms with E-state index in [9.17, 15) is 14.4 Å². The first-order chi connectivity index (χ1) is 8.51. The summed E-state index contributed by atoms with van der Waals surface area (Å²) in [6, 6.07) is 0. The Balaban J connectivity index is 2.39. The Hall–Kier alpha value is -1.61. The molecule has 1 heterocycles. The SMILES string of the molecule is COC(=O)NC(=O)CSc1nc(CC(=O)O)cs1. The van der Waals surface area contributed by atoms with Crippen molar-refractivity contribution in [3.05, 3.63) is 11.1 Å². The Morgan fingerprint density at radius 2 is 2.28 bits per heavy atom. The van der Waals surface area contributed by atoms with Crippen molar-refractivity contribution in [2.45, 2.75) is 10.8 Å². The zero-order valence-electron chi connectivity index (χ0n) is 9.34. The summed E-state index contributed by atoms with van der Waals surface area (Å²) in [5, 5.41) is 12.2. The van der Waals surface area contributed by atoms with Gasteiger partial charge in [0, 0.05) is 5.38 Å². The molecule has 0 bridgehead atoms. The zero-order valence-corrected chi connectivity index (χ0v) is 11.0. The maximum absolute atomic E-state index is 11.2. The van der Waals surface area contributed by atoms with Crippen molar-refractivity contribution in [2.24, 2.45) is 0 Å². The summed E-state index contributed by atoms with van der Waals surface area (Å²) in [6.07, 6.45) is -0.961. The maximum Gasteiger partial charge on any atom is 0.413 e. The number of nitrogens with one attached hydrogen (secondary N) is 1. The van der Waals surface area contributed by atoms with Crippen LogP contribution in [0.3, 0.4) is 0 Å². The highest BCUT2D eigenvalue weighted by atomic mass is 32.2. The molecule has 0 spiro atoms. The summed E-state index contributed by atoms with van der Waals surface area (Å²) >= 11 is 2.37. The number of thiazole rings is 1. The number of imide groups is 1. The summed E-state index contributed by atoms with van der Waals surface area (Å²) in [6.45, 7) is 0. The van der Waals surface area contributed by atoms with Gasteiger partial charge < -0.3 is 9.84 Å². The molecule has 98 valence electrons. The van der Waals surface area contributed by atoms with Crippen LogP contribution >= 0.6 is 23.1 Å². The molecule has 0 aromatic carbocycles. The predicted octanol–water partition coefficient (Wildman–Crippen LogP) is 0.745. The van der Waals surface area contributed by atoms with Crippen molar-refractivity contribution in [2.75, 3.05) is 12.9 Å². The number of hydrogen-bond acceptors (Lipinski definition) is 7. The summed E-state index contributed by atoms with van der Waals surface area (Å²) < 4.78 is 4.84. The van der Waals surface area contributed by atoms with Crippen molar-refractivity contribution < 1.29 is 24.2 Å². The molecular formula is C9H10N2O5S2. The third kappa shape index (κ3) is 5.15. The summed E-state index contributed by atoms with van der Waals surface area (Å²) in [5.41, 5.74) is 0.448. The van der Waals surface area contributed by atoms with Crippen molar-refractivity contribution in [3.63, 3.8) is 0 Å². The summed E-state index contributed by atoms with van der Waals surface area (Å²) in [4.78, 5) is 36.4. The quantitative estimate of drug-likeness (QED) is 0.770. The molecule has 2 N–H and O–H groups in total. The number of carbonyl (C=O) groups excluding carboxylic acids is 2. The topological polar surface area (TPSA) is 106 Å². The smallest absolute Gasteiger partial charge is 0.413 e. The number of thioether (sulfide) groups is 1. The molecular weight excluding hydrogens is 280 g/mol. The van der Waals surface area contributed by atoms with Gasteiger partial charge in [0.15, 0.2) is 4.34 Å². The first-order valence-electron chi connectivity index (χ1n) is 4.68. The minimum absolute atomic E-state index is 0.00905. The molecule has 2 amide bonds. The molecule has 7 nitrogen and oxygen atoms in total. The lowest BCUT2D eigenvalue weighted by Crippen LogP contribution is -2.31. The van der Waals surface area contributed by atoms with Crippen LogP contribution in [0.2, 0.25) is 0 Å². The number of amides is 2. The molecule has 1 rings (SSSR count). The normalized spacial score (nSPS) is 9.83. The molecule has 0 aliphatic carbocycles. The number of alkyl carbamates (subject to hydrolysis) is 1. The van der Waals surface area contributed by atoms with Gasteiger partial charge in [-0.25, -0.2) is 9.78 Å². The summed E-state index contributed by atoms with van der Waals surface area (Å²) in [7, 11) is 1.16. The number of hydrogen-bond donors (Lipinski definition) is 2. The largest absolute Gasteiger partial charge is 0.481 e. The van der Waals surface area contributed by atoms with Crippen molar-refractivity contribution in [1.82, 2.24) is 10.3 Å². The molecule has 0 aliphatic rings. The molecule has 9 heteroatoms. The van der Waals surface area contributed by atoms with Crippen LogP contribution in [-0.4, -0.2) is 40.9 Å². The van der Waals surface area contributed by atoms with Crippen LogP contribution in [-0.2, 0) is 20.7 Å². The second-order valence-corrected chi connectivity index (χ2v) is 5.08. The van der Waals surface area contributed by atoms with Crippen LogP contribution in [0.15, 0.2) is 9.72 Å². The first-order valence-corrected chi connectivity index (χ1v) is 6.54. The highest BCUT2D eigenvalue weighted by molar-refractivity contribution is 8.01. The van der Waals surface area contributed by atoms with Crippen molar-refractivity contribution in [3.8, 4) is 0 Å². The molecule has 0 unspecified atom stereocenters. The van der Waals surface area contributed by atoms with Gasteiger partial charge in [-0.1, -0.05) is 11.8 Å². The van der Waals surface area contributed by atoms with Gasteiger partial charge in [-0.05, 0) is 0 Å². The molecule has 0 aliphatic heterocycles. The second-order valence-electron chi connectivity index (χ2n) is 3.00. The molecule has 0 fully saturated rings. The van der Waals surface area contributed by atoms with Gasteiger partial charge in [0.25, 0.3) is 0 Å². The fraction of sp³-hybridized carbons (Fsp3) is 0.333. The average molecular weight is 290 g/mol. The van der Waals surface area contributed by atoms with Gasteiger partial charge in [0.1, 0.15) is 0 Å². The van der Waals surface area contributed by atoms with E-state index in [2.05, 4.69) is 9.72 Å². The Bertz CT molecular complexity index is 460. The molecule has 1 aromatic heterocycles. The number of ether oxygens (including phenoxy) is 1. The molecule has 0 radical (unpaired) electrons. The lowest BCUT2D eigenvalue weighted by molar-refractivity contribution is -0.136. The van der Waals surface area contributed by atoms with Gasteiger partial charge in [0.05, 0.1) is 25.0 Å². The van der Waals surface area contributed by atoms with E-state index in [0.717, 1.165) is 18.9 Å². The van der Waals surface area contributed by atoms with E-state index in [1.165, 1.54) is 11.3 Å². The highest BCUT2D eigenvalue weighted by Crippen LogP contribution is 2.22. The van der Waals surface area contributed by atoms with Gasteiger partial charge in [0.2, 0.25) is 5.91 Å². The van der Waals surface area contributed by atoms with E-state index in [1.807, 2.05) is 5.32 Å². The first kappa shape index (κ1) is 14.5. The van der Waals surface area contributed by atoms with Crippen LogP contribution in [0, 0.1) is 0 Å². The lowest BCUT2D eigenvalue weighted by Gasteiger charge is -2.00. The zero-order chi connectivity index (χ0) is 13.5. The van der Waals surface area contributed by atoms with Crippen LogP contribution in [0.5, 0.6) is 0 Å². The van der Waals surface area contributed by atoms with E-state index in [-0.39, 0.29) is 12.2 Å². The number of aliphatic carboxylic acids is 1. The fourth-order valence-electron chi connectivity index (χ4n) is 0.919. The molecule has 0 atom stereocenters. The maximum atomic E-state index is 11.2. The van der Waals surface area contributed by atoms with E-state index in [4.69, 9.17) is 5.11 Å². The minimum atomic E-state index is -0.958. The summed E-state index contributed by atoms with van der Waals surface area (Å²) in [5.74, 6) is -1.45. The molecule has 0 saturated heterocycles. The predicted molar refractivity (Wildman–Crippen MR) is 64.7 cm³/mol. The average Bonchev–Trinajstić information content (AvgIpc) is 2.73. The van der Waals surface area contributed by atoms with Crippen molar-refractivity contribution >= 4 is 41.1 Å². The number of carboxylic acid groups (broad SMARTS) is 1. The lowest BCUT2D eigenvalue weighted by atomic mass is 10.3. The van der Waals surface area contributed by atoms with Crippen LogP contribution in [0.4, 0.5) is 4.79 Å². The van der Waals surface area contributed by atoms with Crippen LogP contribution in [0.1, 0.15) is 5.69 Å². The number of rotatable bonds is 5. The van der Waals surface area contributed by atoms with Crippen LogP contribution in [0.25, 0.3) is 0 Å². The number of methoxy groups -OCH3 is 1. The number of aromatic nitrogens is 1. The van der Waals surface area contributed by atoms with E-state index >= 15 is 0 Å². The Morgan fingerprint density at radius 1 is 1.56 bits per heavy atom. The third-order valence-electron chi connectivity index (χ3n) is 1.62. The van der Waals surface area contributed by atoms with Crippen LogP contribution < -0.4 is 5.32 Å². The minimum Gasteiger partial charge on any atom is -0.481 e. The Morgan fingerprint density at radius 3 is 2.89 bits per heavy atom. The Kier molecular flexibility index (Phi) is 5.59. The number of carboxylic acids is 1. The van der Waals surface area contributed by atoms with Gasteiger partial charge >= 0.3 is 12.1 Å². The molecule has 0 saturated carbocycles. The van der Waals surface area contributed by atoms with Gasteiger partial charge in [-0.3, -0.25) is 14.9 Å². The highest BCUT2D eigenvalue weighted by Gasteiger charge is 2.11. The number of nitrogens with zero attached hydrogens (tertiary/aromatic N) is 1. The molecule has 1 aromatic rings. The fourth-order valence-corrected chi connectivity index (χ4v) is 2.56. The number of carbonyl (C=O) groups is 3. The Labute approximate surface area is 111 Å². The standard InChI is InChI=1S/C9H10N2O5S2/c1-16-8(15)11-6(12)4-18-9-10-5(3-17-9)2-7(13)14/h3H,2,4H2,1H3,(H,13,14)(H,11,12,15). The van der Waals surface area contributed by atoms with E-state index in [0.29, 0.717) is 10.0 Å². The van der Waals surface area contributed by atoms with Gasteiger partial charge in [-0.15, -0.1) is 11.3 Å². The molecule has 18 heavy (non-hydrogen) atoms. The van der Waals surface area contributed by atoms with Gasteiger partial charge in [-0.2, -0.15) is 0 Å². The second kappa shape index (κ2) is 6.97. The van der Waals surface area contributed by atoms with E-state index in [1.54, 1.807) is 5.38 Å². The third-order valence-corrected chi connectivity index (χ3v) is 3.69. The van der Waals surface area contributed by atoms with E-state index < -0.39 is 18.0 Å².